The first-order valence-corrected chi connectivity index (χ1v) is 5.72. The number of aryl methyl sites for hydroxylation is 1. The van der Waals surface area contributed by atoms with Crippen LogP contribution in [0.25, 0.3) is 0 Å². The quantitative estimate of drug-likeness (QED) is 0.545. The topological polar surface area (TPSA) is 75.4 Å². The van der Waals surface area contributed by atoms with Crippen LogP contribution in [-0.4, -0.2) is 38.7 Å². The zero-order valence-electron chi connectivity index (χ0n) is 8.67. The summed E-state index contributed by atoms with van der Waals surface area (Å²) in [4.78, 5) is 14.9. The summed E-state index contributed by atoms with van der Waals surface area (Å²) in [6.45, 7) is 1.71. The van der Waals surface area contributed by atoms with E-state index in [9.17, 15) is 9.90 Å². The molecule has 0 aliphatic heterocycles. The van der Waals surface area contributed by atoms with E-state index in [4.69, 9.17) is 5.11 Å². The third-order valence-corrected chi connectivity index (χ3v) is 2.66. The van der Waals surface area contributed by atoms with Gasteiger partial charge in [-0.25, -0.2) is 0 Å². The summed E-state index contributed by atoms with van der Waals surface area (Å²) >= 11 is 1.34. The van der Waals surface area contributed by atoms with Crippen LogP contribution in [0.1, 0.15) is 5.69 Å². The highest BCUT2D eigenvalue weighted by Crippen LogP contribution is 2.12. The lowest BCUT2D eigenvalue weighted by Crippen LogP contribution is -2.25. The monoisotopic (exact) mass is 230 g/mol. The molecule has 0 fully saturated rings. The Morgan fingerprint density at radius 3 is 2.87 bits per heavy atom. The van der Waals surface area contributed by atoms with E-state index in [0.717, 1.165) is 5.69 Å². The highest BCUT2D eigenvalue weighted by molar-refractivity contribution is 7.98. The van der Waals surface area contributed by atoms with Crippen molar-refractivity contribution in [3.8, 4) is 0 Å². The number of aliphatic hydroxyl groups excluding tert-OH is 2. The Bertz CT molecular complexity index is 391. The highest BCUT2D eigenvalue weighted by Gasteiger charge is 2.10. The van der Waals surface area contributed by atoms with Crippen LogP contribution in [0.2, 0.25) is 0 Å². The molecule has 0 bridgehead atoms. The minimum Gasteiger partial charge on any atom is -0.394 e. The fourth-order valence-corrected chi connectivity index (χ4v) is 1.86. The minimum absolute atomic E-state index is 0.242. The van der Waals surface area contributed by atoms with Gasteiger partial charge in [0.05, 0.1) is 19.3 Å². The molecule has 1 aromatic rings. The van der Waals surface area contributed by atoms with Crippen LogP contribution < -0.4 is 5.56 Å². The summed E-state index contributed by atoms with van der Waals surface area (Å²) in [5.41, 5.74) is 0.443. The largest absolute Gasteiger partial charge is 0.394 e. The molecule has 0 saturated carbocycles. The number of hydrogen-bond acceptors (Lipinski definition) is 5. The SMILES string of the molecule is CSc1nc(=O)cc(C)n1C[C@H](O)CO. The minimum atomic E-state index is -0.834. The molecule has 0 amide bonds. The van der Waals surface area contributed by atoms with Crippen LogP contribution in [0.3, 0.4) is 0 Å². The van der Waals surface area contributed by atoms with Crippen molar-refractivity contribution in [3.63, 3.8) is 0 Å². The summed E-state index contributed by atoms with van der Waals surface area (Å²) in [6, 6.07) is 1.41. The number of thioether (sulfide) groups is 1. The van der Waals surface area contributed by atoms with E-state index in [0.29, 0.717) is 5.16 Å². The smallest absolute Gasteiger partial charge is 0.273 e. The van der Waals surface area contributed by atoms with Gasteiger partial charge in [-0.05, 0) is 13.2 Å². The highest BCUT2D eigenvalue weighted by atomic mass is 32.2. The van der Waals surface area contributed by atoms with E-state index in [-0.39, 0.29) is 18.7 Å². The summed E-state index contributed by atoms with van der Waals surface area (Å²) in [5, 5.41) is 18.6. The van der Waals surface area contributed by atoms with E-state index in [1.165, 1.54) is 17.8 Å². The van der Waals surface area contributed by atoms with Crippen LogP contribution in [0.15, 0.2) is 16.0 Å². The van der Waals surface area contributed by atoms with Crippen molar-refractivity contribution >= 4 is 11.8 Å². The molecule has 0 radical (unpaired) electrons. The van der Waals surface area contributed by atoms with Gasteiger partial charge in [-0.15, -0.1) is 0 Å². The van der Waals surface area contributed by atoms with Crippen molar-refractivity contribution in [1.82, 2.24) is 9.55 Å². The molecule has 15 heavy (non-hydrogen) atoms. The summed E-state index contributed by atoms with van der Waals surface area (Å²) in [6.07, 6.45) is 0.974. The van der Waals surface area contributed by atoms with Gasteiger partial charge in [0, 0.05) is 11.8 Å². The molecular formula is C9H14N2O3S. The first-order chi connectivity index (χ1) is 7.08. The molecule has 0 unspecified atom stereocenters. The lowest BCUT2D eigenvalue weighted by molar-refractivity contribution is 0.0781. The van der Waals surface area contributed by atoms with Crippen molar-refractivity contribution in [2.45, 2.75) is 24.7 Å². The zero-order chi connectivity index (χ0) is 11.4. The predicted molar refractivity (Wildman–Crippen MR) is 58.1 cm³/mol. The second-order valence-corrected chi connectivity index (χ2v) is 3.94. The third kappa shape index (κ3) is 3.05. The number of rotatable bonds is 4. The molecule has 1 atom stereocenters. The number of aliphatic hydroxyl groups is 2. The van der Waals surface area contributed by atoms with Gasteiger partial charge in [0.15, 0.2) is 5.16 Å². The molecule has 0 aromatic carbocycles. The molecule has 0 aliphatic carbocycles. The van der Waals surface area contributed by atoms with E-state index >= 15 is 0 Å². The maximum Gasteiger partial charge on any atom is 0.273 e. The molecule has 2 N–H and O–H groups in total. The second kappa shape index (κ2) is 5.29. The van der Waals surface area contributed by atoms with Crippen molar-refractivity contribution in [2.24, 2.45) is 0 Å². The van der Waals surface area contributed by atoms with Gasteiger partial charge in [-0.1, -0.05) is 11.8 Å². The lowest BCUT2D eigenvalue weighted by atomic mass is 10.3. The molecule has 0 aliphatic rings. The second-order valence-electron chi connectivity index (χ2n) is 3.17. The fraction of sp³-hybridized carbons (Fsp3) is 0.556. The van der Waals surface area contributed by atoms with Crippen LogP contribution in [0.4, 0.5) is 0 Å². The zero-order valence-corrected chi connectivity index (χ0v) is 9.49. The van der Waals surface area contributed by atoms with Crippen molar-refractivity contribution in [1.29, 1.82) is 0 Å². The van der Waals surface area contributed by atoms with E-state index in [1.54, 1.807) is 11.5 Å². The van der Waals surface area contributed by atoms with Crippen molar-refractivity contribution in [2.75, 3.05) is 12.9 Å². The first-order valence-electron chi connectivity index (χ1n) is 4.50. The van der Waals surface area contributed by atoms with Crippen LogP contribution in [0.5, 0.6) is 0 Å². The van der Waals surface area contributed by atoms with Crippen LogP contribution in [-0.2, 0) is 6.54 Å². The number of aromatic nitrogens is 2. The molecule has 1 aromatic heterocycles. The normalized spacial score (nSPS) is 12.8. The molecule has 6 heteroatoms. The molecule has 0 saturated heterocycles. The standard InChI is InChI=1S/C9H14N2O3S/c1-6-3-8(14)10-9(15-2)11(6)4-7(13)5-12/h3,7,12-13H,4-5H2,1-2H3/t7-/m0/s1. The first kappa shape index (κ1) is 12.2. The van der Waals surface area contributed by atoms with Gasteiger partial charge in [-0.3, -0.25) is 4.79 Å². The van der Waals surface area contributed by atoms with Crippen LogP contribution in [0, 0.1) is 6.92 Å². The Morgan fingerprint density at radius 1 is 1.67 bits per heavy atom. The predicted octanol–water partition coefficient (Wildman–Crippen LogP) is -0.373. The lowest BCUT2D eigenvalue weighted by Gasteiger charge is -2.16. The average molecular weight is 230 g/mol. The van der Waals surface area contributed by atoms with Crippen LogP contribution >= 0.6 is 11.8 Å². The van der Waals surface area contributed by atoms with Gasteiger partial charge in [0.2, 0.25) is 0 Å². The van der Waals surface area contributed by atoms with Crippen molar-refractivity contribution in [3.05, 3.63) is 22.1 Å². The molecular weight excluding hydrogens is 216 g/mol. The van der Waals surface area contributed by atoms with E-state index in [1.807, 2.05) is 6.26 Å². The van der Waals surface area contributed by atoms with Gasteiger partial charge in [0.25, 0.3) is 5.56 Å². The Balaban J connectivity index is 3.09. The van der Waals surface area contributed by atoms with E-state index < -0.39 is 6.10 Å². The molecule has 5 nitrogen and oxygen atoms in total. The van der Waals surface area contributed by atoms with Gasteiger partial charge < -0.3 is 14.8 Å². The molecule has 84 valence electrons. The Hall–Kier alpha value is -0.850. The summed E-state index contributed by atoms with van der Waals surface area (Å²) in [7, 11) is 0. The number of hydrogen-bond donors (Lipinski definition) is 2. The van der Waals surface area contributed by atoms with Crippen molar-refractivity contribution < 1.29 is 10.2 Å². The molecule has 0 spiro atoms. The maximum atomic E-state index is 11.1. The summed E-state index contributed by atoms with van der Waals surface area (Å²) < 4.78 is 1.72. The summed E-state index contributed by atoms with van der Waals surface area (Å²) in [5.74, 6) is 0. The molecule has 1 rings (SSSR count). The Morgan fingerprint density at radius 2 is 2.33 bits per heavy atom. The number of nitrogens with zero attached hydrogens (tertiary/aromatic N) is 2. The molecule has 1 heterocycles. The maximum absolute atomic E-state index is 11.1. The Labute approximate surface area is 91.8 Å². The van der Waals surface area contributed by atoms with E-state index in [2.05, 4.69) is 4.98 Å². The Kier molecular flexibility index (Phi) is 4.31. The van der Waals surface area contributed by atoms with Gasteiger partial charge in [-0.2, -0.15) is 4.98 Å². The third-order valence-electron chi connectivity index (χ3n) is 1.98. The van der Waals surface area contributed by atoms with Gasteiger partial charge in [0.1, 0.15) is 0 Å². The fourth-order valence-electron chi connectivity index (χ4n) is 1.24. The van der Waals surface area contributed by atoms with Gasteiger partial charge >= 0.3 is 0 Å². The average Bonchev–Trinajstić information content (AvgIpc) is 2.21.